The summed E-state index contributed by atoms with van der Waals surface area (Å²) >= 11 is 0. The zero-order valence-electron chi connectivity index (χ0n) is 9.67. The van der Waals surface area contributed by atoms with Crippen LogP contribution in [0.4, 0.5) is 13.2 Å². The van der Waals surface area contributed by atoms with Crippen LogP contribution in [0.3, 0.4) is 0 Å². The molecule has 0 unspecified atom stereocenters. The van der Waals surface area contributed by atoms with Gasteiger partial charge in [-0.15, -0.1) is 12.4 Å². The molecule has 1 aromatic carbocycles. The first-order valence-corrected chi connectivity index (χ1v) is 4.98. The van der Waals surface area contributed by atoms with Gasteiger partial charge in [-0.1, -0.05) is 6.07 Å². The van der Waals surface area contributed by atoms with Crippen molar-refractivity contribution >= 4 is 18.3 Å². The smallest absolute Gasteiger partial charge is 0.277 e. The summed E-state index contributed by atoms with van der Waals surface area (Å²) in [6, 6.07) is 3.94. The van der Waals surface area contributed by atoms with Gasteiger partial charge < -0.3 is 11.1 Å². The van der Waals surface area contributed by atoms with Crippen molar-refractivity contribution in [2.24, 2.45) is 5.73 Å². The van der Waals surface area contributed by atoms with Crippen LogP contribution in [0.2, 0.25) is 0 Å². The van der Waals surface area contributed by atoms with Crippen LogP contribution in [0.1, 0.15) is 15.9 Å². The predicted molar refractivity (Wildman–Crippen MR) is 64.7 cm³/mol. The highest BCUT2D eigenvalue weighted by Gasteiger charge is 2.27. The van der Waals surface area contributed by atoms with Gasteiger partial charge in [0.25, 0.3) is 11.8 Å². The fourth-order valence-corrected chi connectivity index (χ4v) is 1.18. The van der Waals surface area contributed by atoms with Gasteiger partial charge in [0.2, 0.25) is 0 Å². The third-order valence-corrected chi connectivity index (χ3v) is 2.18. The quantitative estimate of drug-likeness (QED) is 0.886. The number of alkyl halides is 2. The SMILES string of the molecule is Cc1ccc(C(=O)NCC(F)(F)CN)c(F)c1.Cl. The van der Waals surface area contributed by atoms with E-state index in [4.69, 9.17) is 5.73 Å². The monoisotopic (exact) mass is 282 g/mol. The number of carbonyl (C=O) groups excluding carboxylic acids is 1. The molecule has 0 aliphatic carbocycles. The summed E-state index contributed by atoms with van der Waals surface area (Å²) in [6.07, 6.45) is 0. The Morgan fingerprint density at radius 1 is 1.44 bits per heavy atom. The van der Waals surface area contributed by atoms with Gasteiger partial charge in [0.05, 0.1) is 18.7 Å². The summed E-state index contributed by atoms with van der Waals surface area (Å²) in [4.78, 5) is 11.4. The van der Waals surface area contributed by atoms with Crippen LogP contribution >= 0.6 is 12.4 Å². The van der Waals surface area contributed by atoms with E-state index in [1.54, 1.807) is 6.92 Å². The van der Waals surface area contributed by atoms with E-state index in [2.05, 4.69) is 0 Å². The Morgan fingerprint density at radius 2 is 2.06 bits per heavy atom. The van der Waals surface area contributed by atoms with E-state index in [0.29, 0.717) is 5.56 Å². The molecule has 1 aromatic rings. The molecule has 0 aromatic heterocycles. The molecule has 1 rings (SSSR count). The van der Waals surface area contributed by atoms with Crippen LogP contribution in [0.15, 0.2) is 18.2 Å². The molecule has 102 valence electrons. The van der Waals surface area contributed by atoms with Gasteiger partial charge in [-0.25, -0.2) is 13.2 Å². The first-order chi connectivity index (χ1) is 7.85. The van der Waals surface area contributed by atoms with Gasteiger partial charge in [0.1, 0.15) is 5.82 Å². The van der Waals surface area contributed by atoms with Crippen molar-refractivity contribution in [3.63, 3.8) is 0 Å². The number of amides is 1. The molecule has 0 spiro atoms. The predicted octanol–water partition coefficient (Wildman–Crippen LogP) is 1.88. The second kappa shape index (κ2) is 6.61. The lowest BCUT2D eigenvalue weighted by Crippen LogP contribution is -2.41. The number of nitrogens with one attached hydrogen (secondary N) is 1. The number of halogens is 4. The number of aryl methyl sites for hydroxylation is 1. The maximum absolute atomic E-state index is 13.3. The normalized spacial score (nSPS) is 10.7. The standard InChI is InChI=1S/C11H13F3N2O.ClH/c1-7-2-3-8(9(12)4-7)10(17)16-6-11(13,14)5-15;/h2-4H,5-6,15H2,1H3,(H,16,17);1H. The van der Waals surface area contributed by atoms with E-state index in [9.17, 15) is 18.0 Å². The molecule has 0 saturated heterocycles. The Hall–Kier alpha value is -1.27. The molecule has 0 aliphatic rings. The van der Waals surface area contributed by atoms with Crippen molar-refractivity contribution in [1.82, 2.24) is 5.32 Å². The largest absolute Gasteiger partial charge is 0.346 e. The van der Waals surface area contributed by atoms with Crippen molar-refractivity contribution in [2.75, 3.05) is 13.1 Å². The minimum atomic E-state index is -3.18. The highest BCUT2D eigenvalue weighted by Crippen LogP contribution is 2.12. The number of carbonyl (C=O) groups is 1. The summed E-state index contributed by atoms with van der Waals surface area (Å²) in [5.74, 6) is -4.80. The lowest BCUT2D eigenvalue weighted by molar-refractivity contribution is 0.0118. The van der Waals surface area contributed by atoms with E-state index in [1.165, 1.54) is 12.1 Å². The van der Waals surface area contributed by atoms with Crippen molar-refractivity contribution < 1.29 is 18.0 Å². The summed E-state index contributed by atoms with van der Waals surface area (Å²) in [7, 11) is 0. The Balaban J connectivity index is 0.00000289. The molecule has 3 N–H and O–H groups in total. The van der Waals surface area contributed by atoms with Crippen LogP contribution in [0, 0.1) is 12.7 Å². The topological polar surface area (TPSA) is 55.1 Å². The second-order valence-corrected chi connectivity index (χ2v) is 3.73. The Morgan fingerprint density at radius 3 is 2.56 bits per heavy atom. The lowest BCUT2D eigenvalue weighted by Gasteiger charge is -2.14. The van der Waals surface area contributed by atoms with Gasteiger partial charge in [0.15, 0.2) is 0 Å². The first-order valence-electron chi connectivity index (χ1n) is 4.98. The summed E-state index contributed by atoms with van der Waals surface area (Å²) in [6.45, 7) is -0.118. The molecule has 1 amide bonds. The molecule has 0 aliphatic heterocycles. The highest BCUT2D eigenvalue weighted by molar-refractivity contribution is 5.94. The van der Waals surface area contributed by atoms with Crippen molar-refractivity contribution in [2.45, 2.75) is 12.8 Å². The molecule has 0 fully saturated rings. The van der Waals surface area contributed by atoms with Crippen LogP contribution in [0.25, 0.3) is 0 Å². The van der Waals surface area contributed by atoms with Gasteiger partial charge in [-0.2, -0.15) is 0 Å². The molecular weight excluding hydrogens is 269 g/mol. The summed E-state index contributed by atoms with van der Waals surface area (Å²) in [5, 5.41) is 1.94. The number of hydrogen-bond acceptors (Lipinski definition) is 2. The van der Waals surface area contributed by atoms with E-state index in [0.717, 1.165) is 6.07 Å². The number of nitrogens with two attached hydrogens (primary N) is 1. The molecule has 0 atom stereocenters. The number of hydrogen-bond donors (Lipinski definition) is 2. The van der Waals surface area contributed by atoms with Crippen LogP contribution < -0.4 is 11.1 Å². The van der Waals surface area contributed by atoms with E-state index >= 15 is 0 Å². The first kappa shape index (κ1) is 16.7. The molecule has 0 bridgehead atoms. The average Bonchev–Trinajstić information content (AvgIpc) is 2.26. The molecule has 7 heteroatoms. The zero-order valence-corrected chi connectivity index (χ0v) is 10.5. The molecule has 0 heterocycles. The fraction of sp³-hybridized carbons (Fsp3) is 0.364. The third kappa shape index (κ3) is 4.54. The lowest BCUT2D eigenvalue weighted by atomic mass is 10.1. The second-order valence-electron chi connectivity index (χ2n) is 3.73. The van der Waals surface area contributed by atoms with Crippen molar-refractivity contribution in [1.29, 1.82) is 0 Å². The highest BCUT2D eigenvalue weighted by atomic mass is 35.5. The van der Waals surface area contributed by atoms with E-state index < -0.39 is 30.7 Å². The van der Waals surface area contributed by atoms with Gasteiger partial charge in [-0.3, -0.25) is 4.79 Å². The summed E-state index contributed by atoms with van der Waals surface area (Å²) < 4.78 is 38.8. The fourth-order valence-electron chi connectivity index (χ4n) is 1.18. The minimum absolute atomic E-state index is 0. The molecule has 0 saturated carbocycles. The van der Waals surface area contributed by atoms with E-state index in [-0.39, 0.29) is 18.0 Å². The maximum Gasteiger partial charge on any atom is 0.277 e. The summed E-state index contributed by atoms with van der Waals surface area (Å²) in [5.41, 5.74) is 5.19. The van der Waals surface area contributed by atoms with Crippen molar-refractivity contribution in [3.05, 3.63) is 35.1 Å². The average molecular weight is 283 g/mol. The zero-order chi connectivity index (χ0) is 13.1. The molecule has 3 nitrogen and oxygen atoms in total. The number of benzene rings is 1. The molecule has 0 radical (unpaired) electrons. The number of rotatable bonds is 4. The molecule has 18 heavy (non-hydrogen) atoms. The Bertz CT molecular complexity index is 427. The van der Waals surface area contributed by atoms with Gasteiger partial charge in [-0.05, 0) is 24.6 Å². The third-order valence-electron chi connectivity index (χ3n) is 2.18. The van der Waals surface area contributed by atoms with Crippen LogP contribution in [-0.4, -0.2) is 24.9 Å². The van der Waals surface area contributed by atoms with Crippen LogP contribution in [0.5, 0.6) is 0 Å². The Kier molecular flexibility index (Phi) is 6.14. The minimum Gasteiger partial charge on any atom is -0.346 e. The molecular formula is C11H14ClF3N2O. The van der Waals surface area contributed by atoms with Crippen LogP contribution in [-0.2, 0) is 0 Å². The van der Waals surface area contributed by atoms with E-state index in [1.807, 2.05) is 5.32 Å². The van der Waals surface area contributed by atoms with Gasteiger partial charge >= 0.3 is 0 Å². The van der Waals surface area contributed by atoms with Crippen molar-refractivity contribution in [3.8, 4) is 0 Å². The maximum atomic E-state index is 13.3. The Labute approximate surface area is 109 Å². The van der Waals surface area contributed by atoms with Gasteiger partial charge in [0, 0.05) is 0 Å².